The third-order valence-electron chi connectivity index (χ3n) is 3.48. The van der Waals surface area contributed by atoms with E-state index in [1.807, 2.05) is 36.4 Å². The lowest BCUT2D eigenvalue weighted by atomic mass is 10.0. The van der Waals surface area contributed by atoms with Crippen LogP contribution in [0.5, 0.6) is 0 Å². The molecule has 1 heterocycles. The summed E-state index contributed by atoms with van der Waals surface area (Å²) in [5, 5.41) is 11.8. The van der Waals surface area contributed by atoms with Crippen LogP contribution in [-0.2, 0) is 22.4 Å². The summed E-state index contributed by atoms with van der Waals surface area (Å²) < 4.78 is 0. The van der Waals surface area contributed by atoms with Gasteiger partial charge in [0.05, 0.1) is 6.42 Å². The van der Waals surface area contributed by atoms with Gasteiger partial charge >= 0.3 is 5.97 Å². The molecule has 1 atom stereocenters. The van der Waals surface area contributed by atoms with Crippen LogP contribution < -0.4 is 5.32 Å². The highest BCUT2D eigenvalue weighted by molar-refractivity contribution is 5.78. The van der Waals surface area contributed by atoms with Gasteiger partial charge in [-0.1, -0.05) is 36.4 Å². The molecule has 2 aromatic rings. The summed E-state index contributed by atoms with van der Waals surface area (Å²) in [6, 6.07) is 13.2. The Bertz CT molecular complexity index is 629. The van der Waals surface area contributed by atoms with Gasteiger partial charge in [0, 0.05) is 24.9 Å². The summed E-state index contributed by atoms with van der Waals surface area (Å²) in [6.07, 6.45) is 4.61. The standard InChI is InChI=1S/C18H20N2O3/c21-17(12-15-7-4-10-19-13-15)20-16(8-9-18(22)23)11-14-5-2-1-3-6-14/h1-7,10,13,16H,8-9,11-12H2,(H,20,21)(H,22,23). The number of hydrogen-bond acceptors (Lipinski definition) is 3. The Labute approximate surface area is 135 Å². The summed E-state index contributed by atoms with van der Waals surface area (Å²) in [5.74, 6) is -0.978. The van der Waals surface area contributed by atoms with Crippen molar-refractivity contribution in [2.24, 2.45) is 0 Å². The molecule has 1 amide bonds. The SMILES string of the molecule is O=C(O)CCC(Cc1ccccc1)NC(=O)Cc1cccnc1. The highest BCUT2D eigenvalue weighted by Gasteiger charge is 2.15. The number of nitrogens with one attached hydrogen (secondary N) is 1. The van der Waals surface area contributed by atoms with E-state index < -0.39 is 5.97 Å². The number of carboxylic acids is 1. The zero-order valence-corrected chi connectivity index (χ0v) is 12.8. The Morgan fingerprint density at radius 3 is 2.48 bits per heavy atom. The first kappa shape index (κ1) is 16.7. The summed E-state index contributed by atoms with van der Waals surface area (Å²) in [6.45, 7) is 0. The minimum absolute atomic E-state index is 0.0324. The van der Waals surface area contributed by atoms with Crippen molar-refractivity contribution in [3.05, 3.63) is 66.0 Å². The predicted octanol–water partition coefficient (Wildman–Crippen LogP) is 2.22. The molecule has 0 aliphatic carbocycles. The second-order valence-electron chi connectivity index (χ2n) is 5.42. The number of hydrogen-bond donors (Lipinski definition) is 2. The molecule has 0 saturated heterocycles. The second-order valence-corrected chi connectivity index (χ2v) is 5.42. The third-order valence-corrected chi connectivity index (χ3v) is 3.48. The van der Waals surface area contributed by atoms with Gasteiger partial charge in [-0.25, -0.2) is 0 Å². The Morgan fingerprint density at radius 2 is 1.83 bits per heavy atom. The first-order valence-corrected chi connectivity index (χ1v) is 7.57. The summed E-state index contributed by atoms with van der Waals surface area (Å²) in [4.78, 5) is 27.0. The Balaban J connectivity index is 1.95. The molecule has 120 valence electrons. The lowest BCUT2D eigenvalue weighted by Gasteiger charge is -2.18. The molecule has 5 nitrogen and oxygen atoms in total. The highest BCUT2D eigenvalue weighted by Crippen LogP contribution is 2.08. The van der Waals surface area contributed by atoms with Crippen LogP contribution in [0.2, 0.25) is 0 Å². The maximum atomic E-state index is 12.2. The topological polar surface area (TPSA) is 79.3 Å². The van der Waals surface area contributed by atoms with Gasteiger partial charge < -0.3 is 10.4 Å². The largest absolute Gasteiger partial charge is 0.481 e. The van der Waals surface area contributed by atoms with E-state index in [0.29, 0.717) is 12.8 Å². The summed E-state index contributed by atoms with van der Waals surface area (Å²) >= 11 is 0. The Morgan fingerprint density at radius 1 is 1.09 bits per heavy atom. The zero-order valence-electron chi connectivity index (χ0n) is 12.8. The minimum Gasteiger partial charge on any atom is -0.481 e. The lowest BCUT2D eigenvalue weighted by Crippen LogP contribution is -2.37. The zero-order chi connectivity index (χ0) is 16.5. The monoisotopic (exact) mass is 312 g/mol. The molecular weight excluding hydrogens is 292 g/mol. The number of benzene rings is 1. The molecule has 0 spiro atoms. The number of rotatable bonds is 8. The average Bonchev–Trinajstić information content (AvgIpc) is 2.54. The van der Waals surface area contributed by atoms with E-state index >= 15 is 0 Å². The predicted molar refractivity (Wildman–Crippen MR) is 86.9 cm³/mol. The minimum atomic E-state index is -0.857. The molecule has 1 aromatic carbocycles. The van der Waals surface area contributed by atoms with Gasteiger partial charge in [0.2, 0.25) is 5.91 Å². The van der Waals surface area contributed by atoms with Gasteiger partial charge in [-0.15, -0.1) is 0 Å². The van der Waals surface area contributed by atoms with E-state index in [-0.39, 0.29) is 24.8 Å². The molecule has 0 aliphatic rings. The van der Waals surface area contributed by atoms with Crippen molar-refractivity contribution in [2.75, 3.05) is 0 Å². The third kappa shape index (κ3) is 6.30. The van der Waals surface area contributed by atoms with E-state index in [2.05, 4.69) is 10.3 Å². The molecule has 23 heavy (non-hydrogen) atoms. The van der Waals surface area contributed by atoms with Gasteiger partial charge in [0.25, 0.3) is 0 Å². The Hall–Kier alpha value is -2.69. The van der Waals surface area contributed by atoms with E-state index in [9.17, 15) is 9.59 Å². The number of aliphatic carboxylic acids is 1. The van der Waals surface area contributed by atoms with Crippen LogP contribution in [0, 0.1) is 0 Å². The van der Waals surface area contributed by atoms with Crippen molar-refractivity contribution < 1.29 is 14.7 Å². The quantitative estimate of drug-likeness (QED) is 0.783. The first-order valence-electron chi connectivity index (χ1n) is 7.57. The number of aromatic nitrogens is 1. The lowest BCUT2D eigenvalue weighted by molar-refractivity contribution is -0.137. The Kier molecular flexibility index (Phi) is 6.29. The molecule has 0 aliphatic heterocycles. The first-order chi connectivity index (χ1) is 11.1. The van der Waals surface area contributed by atoms with E-state index in [0.717, 1.165) is 11.1 Å². The van der Waals surface area contributed by atoms with Crippen molar-refractivity contribution >= 4 is 11.9 Å². The number of nitrogens with zero attached hydrogens (tertiary/aromatic N) is 1. The summed E-state index contributed by atoms with van der Waals surface area (Å²) in [5.41, 5.74) is 1.91. The normalized spacial score (nSPS) is 11.7. The molecule has 0 saturated carbocycles. The molecule has 1 aromatic heterocycles. The fraction of sp³-hybridized carbons (Fsp3) is 0.278. The molecular formula is C18H20N2O3. The van der Waals surface area contributed by atoms with Crippen LogP contribution in [0.3, 0.4) is 0 Å². The van der Waals surface area contributed by atoms with Gasteiger partial charge in [-0.2, -0.15) is 0 Å². The fourth-order valence-corrected chi connectivity index (χ4v) is 2.39. The maximum absolute atomic E-state index is 12.2. The van der Waals surface area contributed by atoms with E-state index in [1.165, 1.54) is 0 Å². The number of carbonyl (C=O) groups excluding carboxylic acids is 1. The van der Waals surface area contributed by atoms with Crippen LogP contribution in [0.4, 0.5) is 0 Å². The van der Waals surface area contributed by atoms with Crippen molar-refractivity contribution in [1.29, 1.82) is 0 Å². The highest BCUT2D eigenvalue weighted by atomic mass is 16.4. The molecule has 1 unspecified atom stereocenters. The van der Waals surface area contributed by atoms with Gasteiger partial charge in [-0.3, -0.25) is 14.6 Å². The smallest absolute Gasteiger partial charge is 0.303 e. The number of carboxylic acid groups (broad SMARTS) is 1. The second kappa shape index (κ2) is 8.68. The van der Waals surface area contributed by atoms with Crippen LogP contribution >= 0.6 is 0 Å². The number of amides is 1. The molecule has 2 rings (SSSR count). The molecule has 5 heteroatoms. The van der Waals surface area contributed by atoms with Crippen molar-refractivity contribution in [2.45, 2.75) is 31.7 Å². The maximum Gasteiger partial charge on any atom is 0.303 e. The van der Waals surface area contributed by atoms with Gasteiger partial charge in [0.15, 0.2) is 0 Å². The molecule has 2 N–H and O–H groups in total. The fourth-order valence-electron chi connectivity index (χ4n) is 2.39. The molecule has 0 radical (unpaired) electrons. The van der Waals surface area contributed by atoms with Crippen LogP contribution in [0.25, 0.3) is 0 Å². The van der Waals surface area contributed by atoms with Gasteiger partial charge in [-0.05, 0) is 30.0 Å². The van der Waals surface area contributed by atoms with Crippen LogP contribution in [0.15, 0.2) is 54.9 Å². The van der Waals surface area contributed by atoms with E-state index in [4.69, 9.17) is 5.11 Å². The summed E-state index contributed by atoms with van der Waals surface area (Å²) in [7, 11) is 0. The molecule has 0 bridgehead atoms. The number of pyridine rings is 1. The van der Waals surface area contributed by atoms with Gasteiger partial charge in [0.1, 0.15) is 0 Å². The van der Waals surface area contributed by atoms with Crippen molar-refractivity contribution in [3.63, 3.8) is 0 Å². The van der Waals surface area contributed by atoms with Crippen LogP contribution in [0.1, 0.15) is 24.0 Å². The van der Waals surface area contributed by atoms with Crippen molar-refractivity contribution in [3.8, 4) is 0 Å². The number of carbonyl (C=O) groups is 2. The van der Waals surface area contributed by atoms with Crippen molar-refractivity contribution in [1.82, 2.24) is 10.3 Å². The van der Waals surface area contributed by atoms with E-state index in [1.54, 1.807) is 18.5 Å². The average molecular weight is 312 g/mol. The van der Waals surface area contributed by atoms with Crippen LogP contribution in [-0.4, -0.2) is 28.0 Å². The molecule has 0 fully saturated rings.